The molecule has 0 heterocycles. The Kier molecular flexibility index (Phi) is 4.12. The molecule has 2 bridgehead atoms. The number of carbonyl (C=O) groups excluding carboxylic acids is 1. The van der Waals surface area contributed by atoms with Crippen molar-refractivity contribution >= 4 is 11.4 Å². The summed E-state index contributed by atoms with van der Waals surface area (Å²) >= 11 is 0. The number of aliphatic hydroxyl groups is 1. The monoisotopic (exact) mass is 298 g/mol. The molecule has 4 rings (SSSR count). The molecule has 1 fully saturated rings. The predicted octanol–water partition coefficient (Wildman–Crippen LogP) is 5.05. The lowest BCUT2D eigenvalue weighted by Crippen LogP contribution is -2.16. The zero-order valence-electron chi connectivity index (χ0n) is 13.9. The highest BCUT2D eigenvalue weighted by atomic mass is 16.3. The van der Waals surface area contributed by atoms with Crippen LogP contribution in [0.25, 0.3) is 5.57 Å². The summed E-state index contributed by atoms with van der Waals surface area (Å²) in [6.07, 6.45) is 5.85. The van der Waals surface area contributed by atoms with Gasteiger partial charge in [0.2, 0.25) is 0 Å². The predicted molar refractivity (Wildman–Crippen MR) is 89.9 cm³/mol. The Balaban J connectivity index is 2.12. The first-order valence-corrected chi connectivity index (χ1v) is 8.49. The minimum atomic E-state index is 0.139. The van der Waals surface area contributed by atoms with E-state index in [1.54, 1.807) is 0 Å². The number of ketones is 1. The van der Waals surface area contributed by atoms with Crippen molar-refractivity contribution in [2.75, 3.05) is 0 Å². The van der Waals surface area contributed by atoms with Crippen molar-refractivity contribution in [2.45, 2.75) is 59.3 Å². The highest BCUT2D eigenvalue weighted by molar-refractivity contribution is 6.22. The molecule has 0 aromatic heterocycles. The molecule has 3 aliphatic carbocycles. The molecule has 0 saturated heterocycles. The highest BCUT2D eigenvalue weighted by Gasteiger charge is 2.31. The van der Waals surface area contributed by atoms with Crippen LogP contribution in [-0.2, 0) is 4.79 Å². The molecule has 2 heteroatoms. The van der Waals surface area contributed by atoms with Crippen molar-refractivity contribution in [3.8, 4) is 0 Å². The van der Waals surface area contributed by atoms with Gasteiger partial charge in [0, 0.05) is 12.8 Å². The molecule has 1 aromatic rings. The molecule has 3 aliphatic rings. The van der Waals surface area contributed by atoms with Gasteiger partial charge in [-0.25, -0.2) is 0 Å². The number of hydrogen-bond donors (Lipinski definition) is 1. The molecule has 0 spiro atoms. The first-order valence-electron chi connectivity index (χ1n) is 8.49. The first-order chi connectivity index (χ1) is 10.5. The van der Waals surface area contributed by atoms with Gasteiger partial charge < -0.3 is 5.11 Å². The van der Waals surface area contributed by atoms with Crippen molar-refractivity contribution in [3.05, 3.63) is 40.1 Å². The number of allylic oxidation sites excluding steroid dienone is 2. The molecule has 0 aliphatic heterocycles. The van der Waals surface area contributed by atoms with Crippen molar-refractivity contribution in [3.63, 3.8) is 0 Å². The van der Waals surface area contributed by atoms with Crippen molar-refractivity contribution in [1.82, 2.24) is 0 Å². The lowest BCUT2D eigenvalue weighted by molar-refractivity contribution is -0.114. The molecule has 1 N–H and O–H groups in total. The summed E-state index contributed by atoms with van der Waals surface area (Å²) < 4.78 is 0. The van der Waals surface area contributed by atoms with Crippen LogP contribution in [0.3, 0.4) is 0 Å². The highest BCUT2D eigenvalue weighted by Crippen LogP contribution is 2.40. The maximum atomic E-state index is 12.9. The smallest absolute Gasteiger partial charge is 0.167 e. The van der Waals surface area contributed by atoms with E-state index in [1.807, 2.05) is 13.8 Å². The van der Waals surface area contributed by atoms with E-state index in [2.05, 4.69) is 19.1 Å². The SMILES string of the molecule is Cc1cc(C)c(/C2=C(\O)CC3CCC(CC3)CC2=O)c(C)c1. The zero-order valence-corrected chi connectivity index (χ0v) is 13.9. The van der Waals surface area contributed by atoms with Crippen LogP contribution in [-0.4, -0.2) is 10.9 Å². The van der Waals surface area contributed by atoms with Crippen LogP contribution in [0.4, 0.5) is 0 Å². The lowest BCUT2D eigenvalue weighted by atomic mass is 9.79. The van der Waals surface area contributed by atoms with E-state index in [0.717, 1.165) is 42.4 Å². The van der Waals surface area contributed by atoms with Gasteiger partial charge in [-0.2, -0.15) is 0 Å². The Labute approximate surface area is 133 Å². The number of carbonyl (C=O) groups is 1. The largest absolute Gasteiger partial charge is 0.512 e. The molecule has 0 amide bonds. The molecule has 22 heavy (non-hydrogen) atoms. The number of Topliss-reactive ketones (excluding diaryl/α,β-unsaturated/α-hetero) is 1. The second kappa shape index (κ2) is 5.91. The Hall–Kier alpha value is -1.57. The molecule has 118 valence electrons. The van der Waals surface area contributed by atoms with Crippen LogP contribution in [0.1, 0.15) is 60.8 Å². The summed E-state index contributed by atoms with van der Waals surface area (Å²) in [5.41, 5.74) is 4.97. The number of aliphatic hydroxyl groups excluding tert-OH is 1. The maximum Gasteiger partial charge on any atom is 0.167 e. The number of aryl methyl sites for hydroxylation is 3. The average Bonchev–Trinajstić information content (AvgIpc) is 2.52. The summed E-state index contributed by atoms with van der Waals surface area (Å²) in [6, 6.07) is 4.22. The van der Waals surface area contributed by atoms with E-state index in [9.17, 15) is 9.90 Å². The third kappa shape index (κ3) is 2.84. The summed E-state index contributed by atoms with van der Waals surface area (Å²) in [4.78, 5) is 12.9. The van der Waals surface area contributed by atoms with E-state index in [4.69, 9.17) is 0 Å². The molecule has 2 nitrogen and oxygen atoms in total. The maximum absolute atomic E-state index is 12.9. The van der Waals surface area contributed by atoms with Gasteiger partial charge in [-0.15, -0.1) is 0 Å². The van der Waals surface area contributed by atoms with Gasteiger partial charge in [0.25, 0.3) is 0 Å². The van der Waals surface area contributed by atoms with E-state index in [1.165, 1.54) is 5.56 Å². The molecule has 0 unspecified atom stereocenters. The van der Waals surface area contributed by atoms with Crippen LogP contribution in [0.2, 0.25) is 0 Å². The normalized spacial score (nSPS) is 29.1. The van der Waals surface area contributed by atoms with Crippen molar-refractivity contribution in [1.29, 1.82) is 0 Å². The average molecular weight is 298 g/mol. The molecular formula is C20H26O2. The molecule has 1 saturated carbocycles. The minimum Gasteiger partial charge on any atom is -0.512 e. The Morgan fingerprint density at radius 3 is 1.95 bits per heavy atom. The zero-order chi connectivity index (χ0) is 15.9. The van der Waals surface area contributed by atoms with Gasteiger partial charge in [0.15, 0.2) is 5.78 Å². The number of fused-ring (bicyclic) bond motifs is 5. The molecular weight excluding hydrogens is 272 g/mol. The molecule has 0 atom stereocenters. The van der Waals surface area contributed by atoms with E-state index >= 15 is 0 Å². The van der Waals surface area contributed by atoms with Gasteiger partial charge in [-0.1, -0.05) is 17.7 Å². The minimum absolute atomic E-state index is 0.139. The van der Waals surface area contributed by atoms with E-state index in [-0.39, 0.29) is 5.78 Å². The summed E-state index contributed by atoms with van der Waals surface area (Å²) in [5, 5.41) is 10.7. The van der Waals surface area contributed by atoms with Crippen LogP contribution in [0.15, 0.2) is 17.9 Å². The van der Waals surface area contributed by atoms with Gasteiger partial charge in [-0.3, -0.25) is 4.79 Å². The van der Waals surface area contributed by atoms with E-state index in [0.29, 0.717) is 36.0 Å². The fourth-order valence-electron chi connectivity index (χ4n) is 4.40. The number of rotatable bonds is 1. The van der Waals surface area contributed by atoms with Gasteiger partial charge in [0.05, 0.1) is 5.57 Å². The van der Waals surface area contributed by atoms with Gasteiger partial charge >= 0.3 is 0 Å². The second-order valence-electron chi connectivity index (χ2n) is 7.31. The molecule has 0 radical (unpaired) electrons. The number of benzene rings is 1. The van der Waals surface area contributed by atoms with Crippen LogP contribution in [0, 0.1) is 32.6 Å². The topological polar surface area (TPSA) is 37.3 Å². The Morgan fingerprint density at radius 2 is 1.41 bits per heavy atom. The second-order valence-corrected chi connectivity index (χ2v) is 7.31. The van der Waals surface area contributed by atoms with E-state index < -0.39 is 0 Å². The lowest BCUT2D eigenvalue weighted by Gasteiger charge is -2.26. The third-order valence-corrected chi connectivity index (χ3v) is 5.42. The van der Waals surface area contributed by atoms with Gasteiger partial charge in [0.1, 0.15) is 5.76 Å². The number of hydrogen-bond acceptors (Lipinski definition) is 2. The quantitative estimate of drug-likeness (QED) is 0.787. The first kappa shape index (κ1) is 15.3. The third-order valence-electron chi connectivity index (χ3n) is 5.42. The van der Waals surface area contributed by atoms with Crippen LogP contribution in [0.5, 0.6) is 0 Å². The summed E-state index contributed by atoms with van der Waals surface area (Å²) in [5.74, 6) is 1.52. The Bertz CT molecular complexity index is 608. The van der Waals surface area contributed by atoms with Crippen molar-refractivity contribution in [2.24, 2.45) is 11.8 Å². The summed E-state index contributed by atoms with van der Waals surface area (Å²) in [7, 11) is 0. The van der Waals surface area contributed by atoms with Crippen LogP contribution >= 0.6 is 0 Å². The van der Waals surface area contributed by atoms with Crippen molar-refractivity contribution < 1.29 is 9.90 Å². The fraction of sp³-hybridized carbons (Fsp3) is 0.550. The fourth-order valence-corrected chi connectivity index (χ4v) is 4.40. The molecule has 1 aromatic carbocycles. The van der Waals surface area contributed by atoms with Gasteiger partial charge in [-0.05, 0) is 75.0 Å². The summed E-state index contributed by atoms with van der Waals surface area (Å²) in [6.45, 7) is 6.16. The Morgan fingerprint density at radius 1 is 0.909 bits per heavy atom. The van der Waals surface area contributed by atoms with Crippen LogP contribution < -0.4 is 0 Å². The standard InChI is InChI=1S/C20H26O2/c1-12-8-13(2)19(14(3)9-12)20-17(21)10-15-4-5-16(7-6-15)11-18(20)22/h8-9,15-16,21H,4-7,10-11H2,1-3H3/b20-17-.